The summed E-state index contributed by atoms with van der Waals surface area (Å²) in [6.07, 6.45) is 2.16. The van der Waals surface area contributed by atoms with E-state index in [9.17, 15) is 13.2 Å². The summed E-state index contributed by atoms with van der Waals surface area (Å²) < 4.78 is 27.7. The molecule has 1 aromatic carbocycles. The maximum absolute atomic E-state index is 12.1. The summed E-state index contributed by atoms with van der Waals surface area (Å²) in [7, 11) is -3.95. The van der Waals surface area contributed by atoms with Crippen LogP contribution in [0.3, 0.4) is 0 Å². The van der Waals surface area contributed by atoms with E-state index in [0.717, 1.165) is 12.2 Å². The minimum Gasteiger partial charge on any atom is -0.288 e. The molecule has 0 unspecified atom stereocenters. The lowest BCUT2D eigenvalue weighted by Crippen LogP contribution is -2.11. The van der Waals surface area contributed by atoms with Crippen LogP contribution in [0.1, 0.15) is 0 Å². The molecule has 0 N–H and O–H groups in total. The highest BCUT2D eigenvalue weighted by Crippen LogP contribution is 2.20. The second kappa shape index (κ2) is 5.92. The minimum absolute atomic E-state index is 0.00217. The number of allylic oxidation sites excluding steroid dienone is 3. The molecule has 0 aromatic heterocycles. The Balaban J connectivity index is 2.50. The first kappa shape index (κ1) is 15.0. The normalized spacial score (nSPS) is 17.0. The second-order valence-electron chi connectivity index (χ2n) is 3.84. The number of ketones is 1. The Labute approximate surface area is 124 Å². The van der Waals surface area contributed by atoms with Crippen LogP contribution < -0.4 is 0 Å². The predicted molar refractivity (Wildman–Crippen MR) is 77.2 cm³/mol. The average Bonchev–Trinajstić information content (AvgIpc) is 2.45. The number of nitrogens with zero attached hydrogens (tertiary/aromatic N) is 4. The highest BCUT2D eigenvalue weighted by Gasteiger charge is 2.20. The van der Waals surface area contributed by atoms with Crippen molar-refractivity contribution in [1.29, 1.82) is 0 Å². The molecule has 7 nitrogen and oxygen atoms in total. The van der Waals surface area contributed by atoms with Crippen LogP contribution in [0.5, 0.6) is 0 Å². The molecular formula is C12H7ClN4O3S. The minimum atomic E-state index is -3.95. The van der Waals surface area contributed by atoms with Crippen LogP contribution in [0.4, 0.5) is 0 Å². The zero-order chi connectivity index (χ0) is 15.5. The van der Waals surface area contributed by atoms with Crippen LogP contribution in [-0.2, 0) is 14.8 Å². The van der Waals surface area contributed by atoms with Gasteiger partial charge in [0.1, 0.15) is 0 Å². The van der Waals surface area contributed by atoms with Crippen LogP contribution >= 0.6 is 11.6 Å². The molecule has 0 aliphatic heterocycles. The Morgan fingerprint density at radius 2 is 1.81 bits per heavy atom. The molecule has 21 heavy (non-hydrogen) atoms. The number of azide groups is 1. The number of rotatable bonds is 3. The molecule has 0 bridgehead atoms. The van der Waals surface area contributed by atoms with Crippen molar-refractivity contribution < 1.29 is 13.2 Å². The molecule has 1 aromatic rings. The van der Waals surface area contributed by atoms with E-state index in [1.54, 1.807) is 18.2 Å². The van der Waals surface area contributed by atoms with E-state index < -0.39 is 15.8 Å². The van der Waals surface area contributed by atoms with Crippen LogP contribution in [0.15, 0.2) is 67.6 Å². The first-order valence-corrected chi connectivity index (χ1v) is 7.34. The van der Waals surface area contributed by atoms with Crippen LogP contribution in [0, 0.1) is 0 Å². The van der Waals surface area contributed by atoms with E-state index in [0.29, 0.717) is 0 Å². The van der Waals surface area contributed by atoms with Crippen LogP contribution in [0.2, 0.25) is 0 Å². The number of carbonyl (C=O) groups excluding carboxylic acids is 1. The molecule has 2 rings (SSSR count). The molecule has 0 atom stereocenters. The number of halogens is 1. The fraction of sp³-hybridized carbons (Fsp3) is 0. The lowest BCUT2D eigenvalue weighted by atomic mass is 10.1. The van der Waals surface area contributed by atoms with Crippen molar-refractivity contribution in [3.05, 3.63) is 63.7 Å². The van der Waals surface area contributed by atoms with Crippen LogP contribution in [-0.4, -0.2) is 19.9 Å². The van der Waals surface area contributed by atoms with Crippen molar-refractivity contribution in [3.8, 4) is 0 Å². The standard InChI is InChI=1S/C12H7ClN4O3S/c13-10-6-8(7-11(12(10)18)15-17-14)16-21(19,20)9-4-2-1-3-5-9/h1-7H. The van der Waals surface area contributed by atoms with Gasteiger partial charge >= 0.3 is 0 Å². The molecule has 106 valence electrons. The Morgan fingerprint density at radius 1 is 1.14 bits per heavy atom. The molecule has 0 radical (unpaired) electrons. The first-order chi connectivity index (χ1) is 9.94. The monoisotopic (exact) mass is 322 g/mol. The highest BCUT2D eigenvalue weighted by molar-refractivity contribution is 7.90. The van der Waals surface area contributed by atoms with Crippen LogP contribution in [0.25, 0.3) is 10.4 Å². The van der Waals surface area contributed by atoms with Gasteiger partial charge in [0.15, 0.2) is 0 Å². The van der Waals surface area contributed by atoms with Crippen molar-refractivity contribution in [3.63, 3.8) is 0 Å². The zero-order valence-electron chi connectivity index (χ0n) is 10.3. The number of hydrogen-bond acceptors (Lipinski definition) is 4. The highest BCUT2D eigenvalue weighted by atomic mass is 35.5. The molecule has 0 fully saturated rings. The van der Waals surface area contributed by atoms with Gasteiger partial charge in [-0.3, -0.25) is 4.79 Å². The largest absolute Gasteiger partial charge is 0.288 e. The molecular weight excluding hydrogens is 316 g/mol. The SMILES string of the molecule is [N-]=[N+]=NC1=CC(=NS(=O)(=O)c2ccccc2)C=C(Cl)C1=O. The number of hydrogen-bond donors (Lipinski definition) is 0. The second-order valence-corrected chi connectivity index (χ2v) is 5.86. The number of sulfonamides is 1. The summed E-state index contributed by atoms with van der Waals surface area (Å²) in [5, 5.41) is 2.88. The van der Waals surface area contributed by atoms with Gasteiger partial charge in [-0.05, 0) is 29.8 Å². The van der Waals surface area contributed by atoms with Crippen molar-refractivity contribution >= 4 is 33.1 Å². The van der Waals surface area contributed by atoms with Crippen molar-refractivity contribution in [2.75, 3.05) is 0 Å². The van der Waals surface area contributed by atoms with E-state index >= 15 is 0 Å². The van der Waals surface area contributed by atoms with Crippen molar-refractivity contribution in [1.82, 2.24) is 0 Å². The molecule has 0 amide bonds. The molecule has 0 spiro atoms. The van der Waals surface area contributed by atoms with Gasteiger partial charge in [0.25, 0.3) is 10.0 Å². The van der Waals surface area contributed by atoms with E-state index in [1.807, 2.05) is 0 Å². The maximum Gasteiger partial charge on any atom is 0.282 e. The fourth-order valence-electron chi connectivity index (χ4n) is 1.52. The molecule has 9 heteroatoms. The maximum atomic E-state index is 12.1. The smallest absolute Gasteiger partial charge is 0.282 e. The van der Waals surface area contributed by atoms with Gasteiger partial charge in [-0.2, -0.15) is 12.8 Å². The summed E-state index contributed by atoms with van der Waals surface area (Å²) in [4.78, 5) is 14.0. The molecule has 1 aliphatic carbocycles. The number of Topliss-reactive ketones (excluding diaryl/α,β-unsaturated/α-hetero) is 1. The number of carbonyl (C=O) groups is 1. The first-order valence-electron chi connectivity index (χ1n) is 5.53. The van der Waals surface area contributed by atoms with Crippen molar-refractivity contribution in [2.45, 2.75) is 4.90 Å². The quantitative estimate of drug-likeness (QED) is 0.369. The lowest BCUT2D eigenvalue weighted by molar-refractivity contribution is -0.111. The third-order valence-electron chi connectivity index (χ3n) is 2.43. The summed E-state index contributed by atoms with van der Waals surface area (Å²) in [5.74, 6) is -0.689. The Morgan fingerprint density at radius 3 is 2.43 bits per heavy atom. The summed E-state index contributed by atoms with van der Waals surface area (Å²) in [6, 6.07) is 7.55. The Kier molecular flexibility index (Phi) is 4.23. The molecule has 1 aliphatic rings. The molecule has 0 saturated carbocycles. The van der Waals surface area contributed by atoms with Gasteiger partial charge < -0.3 is 0 Å². The predicted octanol–water partition coefficient (Wildman–Crippen LogP) is 2.72. The average molecular weight is 323 g/mol. The topological polar surface area (TPSA) is 112 Å². The van der Waals surface area contributed by atoms with Gasteiger partial charge in [0.2, 0.25) is 5.78 Å². The van der Waals surface area contributed by atoms with Gasteiger partial charge in [0, 0.05) is 4.91 Å². The Bertz CT molecular complexity index is 835. The lowest BCUT2D eigenvalue weighted by Gasteiger charge is -2.07. The third-order valence-corrected chi connectivity index (χ3v) is 4.03. The zero-order valence-corrected chi connectivity index (χ0v) is 11.9. The number of benzene rings is 1. The molecule has 0 saturated heterocycles. The third kappa shape index (κ3) is 3.38. The van der Waals surface area contributed by atoms with E-state index in [2.05, 4.69) is 14.4 Å². The fourth-order valence-corrected chi connectivity index (χ4v) is 2.72. The van der Waals surface area contributed by atoms with E-state index in [-0.39, 0.29) is 21.3 Å². The Hall–Kier alpha value is -2.41. The summed E-state index contributed by atoms with van der Waals surface area (Å²) in [5.41, 5.74) is 7.96. The molecule has 0 heterocycles. The van der Waals surface area contributed by atoms with Crippen molar-refractivity contribution in [2.24, 2.45) is 9.51 Å². The summed E-state index contributed by atoms with van der Waals surface area (Å²) >= 11 is 5.68. The van der Waals surface area contributed by atoms with Gasteiger partial charge in [0.05, 0.1) is 21.3 Å². The van der Waals surface area contributed by atoms with E-state index in [4.69, 9.17) is 17.1 Å². The summed E-state index contributed by atoms with van der Waals surface area (Å²) in [6.45, 7) is 0. The van der Waals surface area contributed by atoms with Gasteiger partial charge in [-0.25, -0.2) is 0 Å². The van der Waals surface area contributed by atoms with Gasteiger partial charge in [-0.15, -0.1) is 0 Å². The van der Waals surface area contributed by atoms with Gasteiger partial charge in [-0.1, -0.05) is 34.9 Å². The van der Waals surface area contributed by atoms with E-state index in [1.165, 1.54) is 12.1 Å².